The van der Waals surface area contributed by atoms with Gasteiger partial charge >= 0.3 is 0 Å². The first-order chi connectivity index (χ1) is 8.83. The van der Waals surface area contributed by atoms with Gasteiger partial charge < -0.3 is 9.42 Å². The van der Waals surface area contributed by atoms with Gasteiger partial charge in [0.25, 0.3) is 0 Å². The average molecular weight is 266 g/mol. The molecule has 0 bridgehead atoms. The van der Waals surface area contributed by atoms with Gasteiger partial charge in [0.1, 0.15) is 5.76 Å². The largest absolute Gasteiger partial charge is 0.361 e. The number of aromatic nitrogens is 1. The molecular weight excluding hydrogens is 248 g/mol. The maximum atomic E-state index is 12.1. The highest BCUT2D eigenvalue weighted by molar-refractivity contribution is 8.00. The number of hydrogen-bond acceptors (Lipinski definition) is 4. The van der Waals surface area contributed by atoms with E-state index >= 15 is 0 Å². The molecule has 5 heteroatoms. The predicted octanol–water partition coefficient (Wildman–Crippen LogP) is 2.24. The smallest absolute Gasteiger partial charge is 0.232 e. The fourth-order valence-electron chi connectivity index (χ4n) is 2.69. The van der Waals surface area contributed by atoms with Crippen molar-refractivity contribution in [1.29, 1.82) is 0 Å². The predicted molar refractivity (Wildman–Crippen MR) is 70.3 cm³/mol. The van der Waals surface area contributed by atoms with Crippen LogP contribution < -0.4 is 0 Å². The van der Waals surface area contributed by atoms with Crippen molar-refractivity contribution in [3.8, 4) is 0 Å². The first-order valence-corrected chi connectivity index (χ1v) is 7.69. The molecule has 0 saturated heterocycles. The van der Waals surface area contributed by atoms with Crippen molar-refractivity contribution in [2.45, 2.75) is 43.9 Å². The average Bonchev–Trinajstić information content (AvgIpc) is 3.05. The van der Waals surface area contributed by atoms with Crippen molar-refractivity contribution >= 4 is 17.7 Å². The van der Waals surface area contributed by atoms with E-state index in [-0.39, 0.29) is 5.91 Å². The highest BCUT2D eigenvalue weighted by Crippen LogP contribution is 2.29. The lowest BCUT2D eigenvalue weighted by Gasteiger charge is -2.26. The van der Waals surface area contributed by atoms with Gasteiger partial charge in [-0.3, -0.25) is 4.79 Å². The van der Waals surface area contributed by atoms with E-state index in [0.717, 1.165) is 24.3 Å². The Kier molecular flexibility index (Phi) is 3.59. The zero-order chi connectivity index (χ0) is 12.4. The molecule has 1 fully saturated rings. The third-order valence-electron chi connectivity index (χ3n) is 3.80. The highest BCUT2D eigenvalue weighted by atomic mass is 32.2. The molecular formula is C13H18N2O2S. The molecule has 2 aliphatic rings. The first-order valence-electron chi connectivity index (χ1n) is 6.65. The lowest BCUT2D eigenvalue weighted by atomic mass is 10.1. The summed E-state index contributed by atoms with van der Waals surface area (Å²) in [6, 6.07) is 0. The van der Waals surface area contributed by atoms with Crippen LogP contribution in [0.1, 0.15) is 37.0 Å². The molecule has 98 valence electrons. The van der Waals surface area contributed by atoms with Crippen molar-refractivity contribution in [2.75, 3.05) is 12.3 Å². The summed E-state index contributed by atoms with van der Waals surface area (Å²) in [6.07, 6.45) is 7.77. The molecule has 0 radical (unpaired) electrons. The summed E-state index contributed by atoms with van der Waals surface area (Å²) in [5.41, 5.74) is 1.07. The van der Waals surface area contributed by atoms with E-state index in [0.29, 0.717) is 17.5 Å². The molecule has 0 spiro atoms. The lowest BCUT2D eigenvalue weighted by molar-refractivity contribution is -0.129. The Hall–Kier alpha value is -0.970. The van der Waals surface area contributed by atoms with Crippen LogP contribution in [0, 0.1) is 0 Å². The molecule has 1 aliphatic carbocycles. The summed E-state index contributed by atoms with van der Waals surface area (Å²) in [5.74, 6) is 1.84. The first kappa shape index (κ1) is 12.1. The number of fused-ring (bicyclic) bond motifs is 1. The van der Waals surface area contributed by atoms with E-state index < -0.39 is 0 Å². The maximum absolute atomic E-state index is 12.1. The van der Waals surface area contributed by atoms with Crippen LogP contribution in [0.3, 0.4) is 0 Å². The SMILES string of the molecule is O=C(CSC1CCCC1)N1CCc2oncc2C1. The monoisotopic (exact) mass is 266 g/mol. The number of carbonyl (C=O) groups excluding carboxylic acids is 1. The molecule has 1 aromatic rings. The van der Waals surface area contributed by atoms with Gasteiger partial charge in [0, 0.05) is 23.8 Å². The summed E-state index contributed by atoms with van der Waals surface area (Å²) in [6.45, 7) is 1.44. The van der Waals surface area contributed by atoms with Crippen LogP contribution in [0.25, 0.3) is 0 Å². The van der Waals surface area contributed by atoms with Gasteiger partial charge in [0.2, 0.25) is 5.91 Å². The fourth-order valence-corrected chi connectivity index (χ4v) is 3.92. The summed E-state index contributed by atoms with van der Waals surface area (Å²) in [4.78, 5) is 14.1. The minimum absolute atomic E-state index is 0.263. The molecule has 1 aromatic heterocycles. The third kappa shape index (κ3) is 2.55. The summed E-state index contributed by atoms with van der Waals surface area (Å²) < 4.78 is 5.13. The molecule has 0 atom stereocenters. The van der Waals surface area contributed by atoms with Gasteiger partial charge in [-0.25, -0.2) is 0 Å². The number of carbonyl (C=O) groups is 1. The third-order valence-corrected chi connectivity index (χ3v) is 5.15. The molecule has 1 saturated carbocycles. The molecule has 18 heavy (non-hydrogen) atoms. The second-order valence-electron chi connectivity index (χ2n) is 5.06. The van der Waals surface area contributed by atoms with E-state index in [1.54, 1.807) is 6.20 Å². The van der Waals surface area contributed by atoms with E-state index in [1.807, 2.05) is 16.7 Å². The molecule has 0 aromatic carbocycles. The number of rotatable bonds is 3. The zero-order valence-electron chi connectivity index (χ0n) is 10.4. The highest BCUT2D eigenvalue weighted by Gasteiger charge is 2.24. The van der Waals surface area contributed by atoms with E-state index in [4.69, 9.17) is 4.52 Å². The Morgan fingerprint density at radius 2 is 2.33 bits per heavy atom. The maximum Gasteiger partial charge on any atom is 0.232 e. The Morgan fingerprint density at radius 1 is 1.50 bits per heavy atom. The van der Waals surface area contributed by atoms with Crippen LogP contribution in [0.2, 0.25) is 0 Å². The van der Waals surface area contributed by atoms with Gasteiger partial charge in [-0.1, -0.05) is 18.0 Å². The zero-order valence-corrected chi connectivity index (χ0v) is 11.2. The molecule has 3 rings (SSSR count). The molecule has 1 amide bonds. The molecule has 1 aliphatic heterocycles. The van der Waals surface area contributed by atoms with Gasteiger partial charge in [-0.2, -0.15) is 0 Å². The van der Waals surface area contributed by atoms with Crippen molar-refractivity contribution in [3.63, 3.8) is 0 Å². The summed E-state index contributed by atoms with van der Waals surface area (Å²) in [7, 11) is 0. The van der Waals surface area contributed by atoms with Crippen LogP contribution >= 0.6 is 11.8 Å². The van der Waals surface area contributed by atoms with Gasteiger partial charge in [0.05, 0.1) is 18.5 Å². The normalized spacial score (nSPS) is 20.1. The molecule has 2 heterocycles. The standard InChI is InChI=1S/C13H18N2O2S/c16-13(9-18-11-3-1-2-4-11)15-6-5-12-10(8-15)7-14-17-12/h7,11H,1-6,8-9H2. The van der Waals surface area contributed by atoms with Crippen molar-refractivity contribution < 1.29 is 9.32 Å². The minimum atomic E-state index is 0.263. The Balaban J connectivity index is 1.51. The molecule has 0 N–H and O–H groups in total. The Morgan fingerprint density at radius 3 is 3.17 bits per heavy atom. The Labute approximate surface area is 111 Å². The van der Waals surface area contributed by atoms with Crippen LogP contribution in [-0.2, 0) is 17.8 Å². The van der Waals surface area contributed by atoms with Gasteiger partial charge in [0.15, 0.2) is 0 Å². The van der Waals surface area contributed by atoms with Gasteiger partial charge in [-0.05, 0) is 12.8 Å². The molecule has 4 nitrogen and oxygen atoms in total. The Bertz CT molecular complexity index is 426. The van der Waals surface area contributed by atoms with Gasteiger partial charge in [-0.15, -0.1) is 11.8 Å². The number of amides is 1. The lowest BCUT2D eigenvalue weighted by Crippen LogP contribution is -2.36. The van der Waals surface area contributed by atoms with Crippen LogP contribution in [0.4, 0.5) is 0 Å². The topological polar surface area (TPSA) is 46.3 Å². The van der Waals surface area contributed by atoms with Crippen LogP contribution in [0.5, 0.6) is 0 Å². The molecule has 0 unspecified atom stereocenters. The van der Waals surface area contributed by atoms with Crippen molar-refractivity contribution in [1.82, 2.24) is 10.1 Å². The number of thioether (sulfide) groups is 1. The van der Waals surface area contributed by atoms with Crippen molar-refractivity contribution in [3.05, 3.63) is 17.5 Å². The fraction of sp³-hybridized carbons (Fsp3) is 0.692. The number of nitrogens with zero attached hydrogens (tertiary/aromatic N) is 2. The number of hydrogen-bond donors (Lipinski definition) is 0. The van der Waals surface area contributed by atoms with E-state index in [2.05, 4.69) is 5.16 Å². The second kappa shape index (κ2) is 5.34. The van der Waals surface area contributed by atoms with Crippen LogP contribution in [0.15, 0.2) is 10.7 Å². The quantitative estimate of drug-likeness (QED) is 0.841. The summed E-state index contributed by atoms with van der Waals surface area (Å²) >= 11 is 1.84. The van der Waals surface area contributed by atoms with E-state index in [9.17, 15) is 4.79 Å². The minimum Gasteiger partial charge on any atom is -0.361 e. The van der Waals surface area contributed by atoms with Crippen LogP contribution in [-0.4, -0.2) is 33.5 Å². The second-order valence-corrected chi connectivity index (χ2v) is 6.35. The van der Waals surface area contributed by atoms with E-state index in [1.165, 1.54) is 25.7 Å². The summed E-state index contributed by atoms with van der Waals surface area (Å²) in [5, 5.41) is 4.50. The van der Waals surface area contributed by atoms with Crippen molar-refractivity contribution in [2.24, 2.45) is 0 Å².